The Morgan fingerprint density at radius 3 is 2.09 bits per heavy atom. The maximum atomic E-state index is 14.5. The summed E-state index contributed by atoms with van der Waals surface area (Å²) in [5.74, 6) is -1.17. The van der Waals surface area contributed by atoms with E-state index in [0.29, 0.717) is 16.3 Å². The van der Waals surface area contributed by atoms with Gasteiger partial charge in [0.15, 0.2) is 11.5 Å². The SMILES string of the molecule is COc1ccc(S(=O)(=O)N(CC(=O)N(Cc2ccc(Cl)cc2)C(Cc2ccccc2)C(=O)NC(C)C)c2ccc(F)cc2)cc1OC. The summed E-state index contributed by atoms with van der Waals surface area (Å²) in [5, 5.41) is 3.40. The molecule has 0 radical (unpaired) electrons. The summed E-state index contributed by atoms with van der Waals surface area (Å²) >= 11 is 6.12. The van der Waals surface area contributed by atoms with Crippen LogP contribution in [0.4, 0.5) is 10.1 Å². The van der Waals surface area contributed by atoms with Crippen LogP contribution in [0, 0.1) is 5.82 Å². The van der Waals surface area contributed by atoms with Gasteiger partial charge in [0.1, 0.15) is 18.4 Å². The Balaban J connectivity index is 1.82. The molecule has 0 saturated carbocycles. The summed E-state index contributed by atoms with van der Waals surface area (Å²) in [6, 6.07) is 23.6. The van der Waals surface area contributed by atoms with Gasteiger partial charge in [-0.3, -0.25) is 13.9 Å². The molecule has 248 valence electrons. The molecule has 0 spiro atoms. The summed E-state index contributed by atoms with van der Waals surface area (Å²) in [6.45, 7) is 2.91. The first-order chi connectivity index (χ1) is 22.4. The molecule has 0 aromatic heterocycles. The van der Waals surface area contributed by atoms with E-state index in [9.17, 15) is 22.4 Å². The molecule has 4 aromatic carbocycles. The lowest BCUT2D eigenvalue weighted by Crippen LogP contribution is -2.54. The minimum Gasteiger partial charge on any atom is -0.493 e. The zero-order valence-electron chi connectivity index (χ0n) is 26.5. The summed E-state index contributed by atoms with van der Waals surface area (Å²) in [5.41, 5.74) is 1.53. The summed E-state index contributed by atoms with van der Waals surface area (Å²) in [4.78, 5) is 29.4. The van der Waals surface area contributed by atoms with Crippen LogP contribution in [0.5, 0.6) is 11.5 Å². The van der Waals surface area contributed by atoms with E-state index in [4.69, 9.17) is 21.1 Å². The van der Waals surface area contributed by atoms with Gasteiger partial charge in [-0.25, -0.2) is 12.8 Å². The second kappa shape index (κ2) is 15.8. The number of carbonyl (C=O) groups is 2. The highest BCUT2D eigenvalue weighted by Gasteiger charge is 2.35. The molecule has 0 aliphatic rings. The van der Waals surface area contributed by atoms with Crippen LogP contribution in [0.15, 0.2) is 102 Å². The zero-order valence-corrected chi connectivity index (χ0v) is 28.1. The number of methoxy groups -OCH3 is 2. The van der Waals surface area contributed by atoms with Gasteiger partial charge >= 0.3 is 0 Å². The third-order valence-corrected chi connectivity index (χ3v) is 9.33. The Kier molecular flexibility index (Phi) is 11.8. The highest BCUT2D eigenvalue weighted by Crippen LogP contribution is 2.32. The van der Waals surface area contributed by atoms with Gasteiger partial charge in [0.2, 0.25) is 11.8 Å². The molecule has 2 amide bonds. The number of amides is 2. The minimum atomic E-state index is -4.45. The third kappa shape index (κ3) is 9.02. The largest absolute Gasteiger partial charge is 0.493 e. The number of sulfonamides is 1. The van der Waals surface area contributed by atoms with Crippen LogP contribution in [-0.4, -0.2) is 58.0 Å². The number of halogens is 2. The molecule has 0 aliphatic heterocycles. The van der Waals surface area contributed by atoms with Crippen molar-refractivity contribution in [1.29, 1.82) is 0 Å². The average molecular weight is 682 g/mol. The maximum Gasteiger partial charge on any atom is 0.264 e. The fraction of sp³-hybridized carbons (Fsp3) is 0.257. The van der Waals surface area contributed by atoms with Gasteiger partial charge in [-0.2, -0.15) is 0 Å². The first-order valence-electron chi connectivity index (χ1n) is 14.8. The molecule has 0 saturated heterocycles. The maximum absolute atomic E-state index is 14.5. The Bertz CT molecular complexity index is 1770. The number of ether oxygens (including phenoxy) is 2. The van der Waals surface area contributed by atoms with Gasteiger partial charge < -0.3 is 19.7 Å². The van der Waals surface area contributed by atoms with Gasteiger partial charge in [-0.05, 0) is 73.5 Å². The highest BCUT2D eigenvalue weighted by atomic mass is 35.5. The topological polar surface area (TPSA) is 105 Å². The Morgan fingerprint density at radius 1 is 0.851 bits per heavy atom. The predicted molar refractivity (Wildman–Crippen MR) is 180 cm³/mol. The second-order valence-electron chi connectivity index (χ2n) is 11.0. The fourth-order valence-electron chi connectivity index (χ4n) is 4.96. The number of anilines is 1. The third-order valence-electron chi connectivity index (χ3n) is 7.30. The second-order valence-corrected chi connectivity index (χ2v) is 13.3. The van der Waals surface area contributed by atoms with Gasteiger partial charge in [0, 0.05) is 30.1 Å². The lowest BCUT2D eigenvalue weighted by Gasteiger charge is -2.34. The molecule has 0 bridgehead atoms. The van der Waals surface area contributed by atoms with E-state index in [-0.39, 0.29) is 35.3 Å². The van der Waals surface area contributed by atoms with Crippen molar-refractivity contribution < 1.29 is 31.9 Å². The molecule has 4 rings (SSSR count). The molecule has 4 aromatic rings. The molecule has 12 heteroatoms. The minimum absolute atomic E-state index is 0.0211. The Labute approximate surface area is 279 Å². The number of nitrogens with zero attached hydrogens (tertiary/aromatic N) is 2. The number of carbonyl (C=O) groups excluding carboxylic acids is 2. The monoisotopic (exact) mass is 681 g/mol. The van der Waals surface area contributed by atoms with E-state index < -0.39 is 40.2 Å². The van der Waals surface area contributed by atoms with Crippen LogP contribution in [0.2, 0.25) is 5.02 Å². The molecule has 0 fully saturated rings. The number of rotatable bonds is 14. The van der Waals surface area contributed by atoms with E-state index in [2.05, 4.69) is 5.32 Å². The van der Waals surface area contributed by atoms with E-state index in [0.717, 1.165) is 22.0 Å². The first-order valence-corrected chi connectivity index (χ1v) is 16.6. The molecule has 0 aliphatic carbocycles. The summed E-state index contributed by atoms with van der Waals surface area (Å²) < 4.78 is 54.0. The van der Waals surface area contributed by atoms with Crippen LogP contribution in [0.3, 0.4) is 0 Å². The van der Waals surface area contributed by atoms with Gasteiger partial charge in [-0.15, -0.1) is 0 Å². The average Bonchev–Trinajstić information content (AvgIpc) is 3.06. The number of hydrogen-bond acceptors (Lipinski definition) is 6. The lowest BCUT2D eigenvalue weighted by atomic mass is 10.0. The molecule has 9 nitrogen and oxygen atoms in total. The number of benzene rings is 4. The molecule has 47 heavy (non-hydrogen) atoms. The lowest BCUT2D eigenvalue weighted by molar-refractivity contribution is -0.140. The molecule has 1 N–H and O–H groups in total. The normalized spacial score (nSPS) is 11.9. The molecular weight excluding hydrogens is 645 g/mol. The van der Waals surface area contributed by atoms with Crippen molar-refractivity contribution in [3.63, 3.8) is 0 Å². The van der Waals surface area contributed by atoms with Crippen LogP contribution in [0.25, 0.3) is 0 Å². The van der Waals surface area contributed by atoms with Crippen molar-refractivity contribution in [2.75, 3.05) is 25.1 Å². The standard InChI is InChI=1S/C35H37ClFN3O6S/c1-24(2)38-35(42)31(20-25-8-6-5-7-9-25)39(22-26-10-12-27(36)13-11-26)34(41)23-40(29-16-14-28(37)15-17-29)47(43,44)30-18-19-32(45-3)33(21-30)46-4/h5-19,21,24,31H,20,22-23H2,1-4H3,(H,38,42). The van der Waals surface area contributed by atoms with E-state index in [1.807, 2.05) is 44.2 Å². The smallest absolute Gasteiger partial charge is 0.264 e. The van der Waals surface area contributed by atoms with Gasteiger partial charge in [0.05, 0.1) is 24.8 Å². The number of hydrogen-bond donors (Lipinski definition) is 1. The molecule has 1 unspecified atom stereocenters. The van der Waals surface area contributed by atoms with E-state index >= 15 is 0 Å². The quantitative estimate of drug-likeness (QED) is 0.179. The predicted octanol–water partition coefficient (Wildman–Crippen LogP) is 5.86. The van der Waals surface area contributed by atoms with Crippen molar-refractivity contribution in [1.82, 2.24) is 10.2 Å². The molecular formula is C35H37ClFN3O6S. The van der Waals surface area contributed by atoms with Crippen LogP contribution in [0.1, 0.15) is 25.0 Å². The van der Waals surface area contributed by atoms with E-state index in [1.54, 1.807) is 24.3 Å². The van der Waals surface area contributed by atoms with Crippen molar-refractivity contribution in [3.8, 4) is 11.5 Å². The number of nitrogens with one attached hydrogen (secondary N) is 1. The van der Waals surface area contributed by atoms with Crippen LogP contribution < -0.4 is 19.1 Å². The van der Waals surface area contributed by atoms with Crippen molar-refractivity contribution in [3.05, 3.63) is 119 Å². The Hall–Kier alpha value is -4.61. The van der Waals surface area contributed by atoms with Gasteiger partial charge in [0.25, 0.3) is 10.0 Å². The van der Waals surface area contributed by atoms with Crippen molar-refractivity contribution in [2.24, 2.45) is 0 Å². The van der Waals surface area contributed by atoms with E-state index in [1.165, 1.54) is 49.5 Å². The highest BCUT2D eigenvalue weighted by molar-refractivity contribution is 7.92. The molecule has 0 heterocycles. The van der Waals surface area contributed by atoms with Gasteiger partial charge in [-0.1, -0.05) is 54.1 Å². The van der Waals surface area contributed by atoms with Crippen LogP contribution in [-0.2, 0) is 32.6 Å². The van der Waals surface area contributed by atoms with Crippen molar-refractivity contribution in [2.45, 2.75) is 43.8 Å². The molecule has 1 atom stereocenters. The first kappa shape index (κ1) is 35.2. The summed E-state index contributed by atoms with van der Waals surface area (Å²) in [6.07, 6.45) is 0.164. The zero-order chi connectivity index (χ0) is 34.1. The van der Waals surface area contributed by atoms with Crippen molar-refractivity contribution >= 4 is 39.1 Å². The Morgan fingerprint density at radius 2 is 1.49 bits per heavy atom. The fourth-order valence-corrected chi connectivity index (χ4v) is 6.52. The van der Waals surface area contributed by atoms with Crippen LogP contribution >= 0.6 is 11.6 Å². The summed E-state index contributed by atoms with van der Waals surface area (Å²) in [7, 11) is -1.65.